The molecule has 33 heavy (non-hydrogen) atoms. The van der Waals surface area contributed by atoms with Gasteiger partial charge in [-0.2, -0.15) is 0 Å². The van der Waals surface area contributed by atoms with Crippen LogP contribution in [0.3, 0.4) is 0 Å². The number of anilines is 1. The van der Waals surface area contributed by atoms with Gasteiger partial charge in [0.05, 0.1) is 34.0 Å². The Morgan fingerprint density at radius 1 is 1.00 bits per heavy atom. The number of carbonyl (C=O) groups is 2. The number of hydrogen-bond acceptors (Lipinski definition) is 6. The van der Waals surface area contributed by atoms with Crippen molar-refractivity contribution in [3.05, 3.63) is 74.6 Å². The molecule has 0 saturated heterocycles. The fourth-order valence-electron chi connectivity index (χ4n) is 3.45. The lowest BCUT2D eigenvalue weighted by atomic mass is 10.1. The van der Waals surface area contributed by atoms with Crippen LogP contribution in [0.15, 0.2) is 62.8 Å². The van der Waals surface area contributed by atoms with Gasteiger partial charge in [-0.05, 0) is 71.7 Å². The number of thiophene rings is 1. The molecule has 0 saturated carbocycles. The molecule has 6 nitrogen and oxygen atoms in total. The minimum absolute atomic E-state index is 0.101. The van der Waals surface area contributed by atoms with Crippen molar-refractivity contribution in [2.75, 3.05) is 18.5 Å². The van der Waals surface area contributed by atoms with Gasteiger partial charge in [-0.3, -0.25) is 9.59 Å². The molecule has 2 aromatic heterocycles. The van der Waals surface area contributed by atoms with Crippen molar-refractivity contribution in [3.8, 4) is 11.5 Å². The zero-order chi connectivity index (χ0) is 23.4. The van der Waals surface area contributed by atoms with E-state index in [1.807, 2.05) is 38.1 Å². The second-order valence-electron chi connectivity index (χ2n) is 7.11. The maximum absolute atomic E-state index is 13.1. The third kappa shape index (κ3) is 5.12. The number of ketones is 1. The Morgan fingerprint density at radius 3 is 2.48 bits per heavy atom. The van der Waals surface area contributed by atoms with E-state index in [0.29, 0.717) is 46.2 Å². The van der Waals surface area contributed by atoms with Crippen molar-refractivity contribution < 1.29 is 23.5 Å². The third-order valence-electron chi connectivity index (χ3n) is 4.84. The summed E-state index contributed by atoms with van der Waals surface area (Å²) in [6, 6.07) is 16.2. The number of benzene rings is 2. The van der Waals surface area contributed by atoms with Crippen LogP contribution in [0.5, 0.6) is 11.5 Å². The van der Waals surface area contributed by atoms with E-state index in [2.05, 4.69) is 21.2 Å². The first-order chi connectivity index (χ1) is 16.0. The Kier molecular flexibility index (Phi) is 7.15. The molecule has 1 N–H and O–H groups in total. The highest BCUT2D eigenvalue weighted by molar-refractivity contribution is 9.11. The summed E-state index contributed by atoms with van der Waals surface area (Å²) in [7, 11) is 0. The molecular weight excluding hydrogens is 506 g/mol. The second-order valence-corrected chi connectivity index (χ2v) is 9.57. The van der Waals surface area contributed by atoms with E-state index >= 15 is 0 Å². The topological polar surface area (TPSA) is 77.8 Å². The van der Waals surface area contributed by atoms with Gasteiger partial charge in [0, 0.05) is 5.39 Å². The van der Waals surface area contributed by atoms with Gasteiger partial charge in [0.15, 0.2) is 17.3 Å². The van der Waals surface area contributed by atoms with Crippen LogP contribution in [0.4, 0.5) is 5.69 Å². The molecule has 170 valence electrons. The first kappa shape index (κ1) is 23.1. The molecule has 0 aliphatic heterocycles. The largest absolute Gasteiger partial charge is 0.490 e. The number of ether oxygens (including phenoxy) is 2. The quantitative estimate of drug-likeness (QED) is 0.252. The van der Waals surface area contributed by atoms with Gasteiger partial charge >= 0.3 is 0 Å². The van der Waals surface area contributed by atoms with Crippen LogP contribution < -0.4 is 14.8 Å². The Labute approximate surface area is 203 Å². The number of carbonyl (C=O) groups excluding carboxylic acids is 2. The van der Waals surface area contributed by atoms with Crippen molar-refractivity contribution in [2.24, 2.45) is 0 Å². The van der Waals surface area contributed by atoms with E-state index in [-0.39, 0.29) is 23.9 Å². The number of halogens is 1. The highest BCUT2D eigenvalue weighted by atomic mass is 79.9. The zero-order valence-corrected chi connectivity index (χ0v) is 20.5. The lowest BCUT2D eigenvalue weighted by Crippen LogP contribution is -2.16. The molecule has 0 bridgehead atoms. The zero-order valence-electron chi connectivity index (χ0n) is 18.1. The Hall–Kier alpha value is -3.10. The van der Waals surface area contributed by atoms with Crippen LogP contribution in [0.2, 0.25) is 0 Å². The summed E-state index contributed by atoms with van der Waals surface area (Å²) in [4.78, 5) is 26.6. The number of rotatable bonds is 9. The van der Waals surface area contributed by atoms with Crippen molar-refractivity contribution in [3.63, 3.8) is 0 Å². The van der Waals surface area contributed by atoms with Crippen LogP contribution in [-0.4, -0.2) is 24.9 Å². The lowest BCUT2D eigenvalue weighted by Gasteiger charge is -2.12. The summed E-state index contributed by atoms with van der Waals surface area (Å²) < 4.78 is 17.9. The van der Waals surface area contributed by atoms with Crippen LogP contribution in [0.1, 0.15) is 34.8 Å². The molecule has 8 heteroatoms. The van der Waals surface area contributed by atoms with E-state index < -0.39 is 0 Å². The van der Waals surface area contributed by atoms with Gasteiger partial charge in [0.25, 0.3) is 0 Å². The highest BCUT2D eigenvalue weighted by Gasteiger charge is 2.24. The molecular formula is C25H22BrNO5S. The fourth-order valence-corrected chi connectivity index (χ4v) is 4.78. The smallest absolute Gasteiger partial charge is 0.240 e. The van der Waals surface area contributed by atoms with Gasteiger partial charge in [-0.1, -0.05) is 18.2 Å². The molecule has 4 rings (SSSR count). The maximum atomic E-state index is 13.1. The Bertz CT molecular complexity index is 1310. The molecule has 0 aliphatic carbocycles. The van der Waals surface area contributed by atoms with E-state index in [1.54, 1.807) is 30.3 Å². The average molecular weight is 528 g/mol. The molecule has 1 amide bonds. The molecule has 2 aromatic carbocycles. The van der Waals surface area contributed by atoms with E-state index in [9.17, 15) is 9.59 Å². The highest BCUT2D eigenvalue weighted by Crippen LogP contribution is 2.35. The minimum atomic E-state index is -0.281. The van der Waals surface area contributed by atoms with E-state index in [1.165, 1.54) is 11.3 Å². The average Bonchev–Trinajstić information content (AvgIpc) is 3.39. The SMILES string of the molecule is CCOc1ccc(CC(=O)Nc2c(C(=O)c3ccc(Br)s3)oc3ccccc23)cc1OCC. The molecule has 0 radical (unpaired) electrons. The molecule has 2 heterocycles. The van der Waals surface area contributed by atoms with Gasteiger partial charge in [0.2, 0.25) is 11.7 Å². The number of hydrogen-bond donors (Lipinski definition) is 1. The molecule has 0 spiro atoms. The number of amides is 1. The van der Waals surface area contributed by atoms with Crippen LogP contribution in [0.25, 0.3) is 11.0 Å². The maximum Gasteiger partial charge on any atom is 0.240 e. The fraction of sp³-hybridized carbons (Fsp3) is 0.200. The van der Waals surface area contributed by atoms with Crippen LogP contribution in [0, 0.1) is 0 Å². The van der Waals surface area contributed by atoms with E-state index in [4.69, 9.17) is 13.9 Å². The molecule has 0 aliphatic rings. The summed E-state index contributed by atoms with van der Waals surface area (Å²) in [6.07, 6.45) is 0.101. The normalized spacial score (nSPS) is 10.9. The Morgan fingerprint density at radius 2 is 1.76 bits per heavy atom. The Balaban J connectivity index is 1.61. The van der Waals surface area contributed by atoms with Crippen LogP contribution in [-0.2, 0) is 11.2 Å². The van der Waals surface area contributed by atoms with E-state index in [0.717, 1.165) is 9.35 Å². The first-order valence-electron chi connectivity index (χ1n) is 10.5. The number of furan rings is 1. The third-order valence-corrected chi connectivity index (χ3v) is 6.46. The molecule has 4 aromatic rings. The second kappa shape index (κ2) is 10.2. The van der Waals surface area contributed by atoms with Gasteiger partial charge in [-0.15, -0.1) is 11.3 Å². The van der Waals surface area contributed by atoms with Crippen LogP contribution >= 0.6 is 27.3 Å². The van der Waals surface area contributed by atoms with Gasteiger partial charge in [0.1, 0.15) is 5.58 Å². The summed E-state index contributed by atoms with van der Waals surface area (Å²) in [5.41, 5.74) is 1.68. The summed E-state index contributed by atoms with van der Waals surface area (Å²) in [5, 5.41) is 3.57. The summed E-state index contributed by atoms with van der Waals surface area (Å²) in [6.45, 7) is 4.80. The van der Waals surface area contributed by atoms with Crippen molar-refractivity contribution >= 4 is 55.6 Å². The molecule has 0 fully saturated rings. The van der Waals surface area contributed by atoms with Gasteiger partial charge < -0.3 is 19.2 Å². The van der Waals surface area contributed by atoms with Crippen molar-refractivity contribution in [1.82, 2.24) is 0 Å². The molecule has 0 atom stereocenters. The number of para-hydroxylation sites is 1. The summed E-state index contributed by atoms with van der Waals surface area (Å²) in [5.74, 6) is 0.795. The minimum Gasteiger partial charge on any atom is -0.490 e. The monoisotopic (exact) mass is 527 g/mol. The van der Waals surface area contributed by atoms with Crippen molar-refractivity contribution in [1.29, 1.82) is 0 Å². The number of nitrogens with one attached hydrogen (secondary N) is 1. The lowest BCUT2D eigenvalue weighted by molar-refractivity contribution is -0.115. The predicted molar refractivity (Wildman–Crippen MR) is 133 cm³/mol. The summed E-state index contributed by atoms with van der Waals surface area (Å²) >= 11 is 4.69. The van der Waals surface area contributed by atoms with Crippen molar-refractivity contribution in [2.45, 2.75) is 20.3 Å². The molecule has 0 unspecified atom stereocenters. The number of fused-ring (bicyclic) bond motifs is 1. The first-order valence-corrected chi connectivity index (χ1v) is 12.1. The standard InChI is InChI=1S/C25H22BrNO5S/c1-3-30-18-10-9-15(13-19(18)31-4-2)14-22(28)27-23-16-7-5-6-8-17(16)32-25(23)24(29)20-11-12-21(26)33-20/h5-13H,3-4,14H2,1-2H3,(H,27,28). The predicted octanol–water partition coefficient (Wildman–Crippen LogP) is 6.47. The van der Waals surface area contributed by atoms with Gasteiger partial charge in [-0.25, -0.2) is 0 Å².